The summed E-state index contributed by atoms with van der Waals surface area (Å²) in [6.45, 7) is 7.15. The van der Waals surface area contributed by atoms with E-state index >= 15 is 0 Å². The minimum absolute atomic E-state index is 0.0667. The van der Waals surface area contributed by atoms with Gasteiger partial charge in [0.05, 0.1) is 0 Å². The number of nitrogens with one attached hydrogen (secondary N) is 1. The van der Waals surface area contributed by atoms with Gasteiger partial charge in [-0.15, -0.1) is 0 Å². The van der Waals surface area contributed by atoms with Crippen LogP contribution in [0.15, 0.2) is 0 Å². The molecule has 94 valence electrons. The first-order chi connectivity index (χ1) is 7.31. The van der Waals surface area contributed by atoms with Gasteiger partial charge in [-0.1, -0.05) is 20.8 Å². The summed E-state index contributed by atoms with van der Waals surface area (Å²) in [6, 6.07) is 0. The van der Waals surface area contributed by atoms with Crippen LogP contribution in [0.5, 0.6) is 0 Å². The molecule has 0 unspecified atom stereocenters. The second-order valence-corrected chi connectivity index (χ2v) is 4.21. The molecule has 0 aromatic carbocycles. The van der Waals surface area contributed by atoms with Crippen molar-refractivity contribution in [3.05, 3.63) is 0 Å². The van der Waals surface area contributed by atoms with Gasteiger partial charge in [0.1, 0.15) is 11.6 Å². The Kier molecular flexibility index (Phi) is 5.44. The summed E-state index contributed by atoms with van der Waals surface area (Å²) in [5.41, 5.74) is 4.38. The van der Waals surface area contributed by atoms with E-state index in [0.29, 0.717) is 6.42 Å². The topological polar surface area (TPSA) is 81.4 Å². The van der Waals surface area contributed by atoms with Gasteiger partial charge in [0.25, 0.3) is 0 Å². The van der Waals surface area contributed by atoms with Crippen molar-refractivity contribution in [2.24, 2.45) is 11.7 Å². The van der Waals surface area contributed by atoms with Crippen LogP contribution in [0.1, 0.15) is 34.1 Å². The Morgan fingerprint density at radius 1 is 1.38 bits per heavy atom. The zero-order valence-corrected chi connectivity index (χ0v) is 10.7. The smallest absolute Gasteiger partial charge is 0.249 e. The van der Waals surface area contributed by atoms with Crippen molar-refractivity contribution in [3.63, 3.8) is 0 Å². The molecule has 0 aliphatic rings. The first-order valence-corrected chi connectivity index (χ1v) is 5.46. The van der Waals surface area contributed by atoms with E-state index in [9.17, 15) is 9.59 Å². The molecule has 0 aliphatic heterocycles. The molecule has 0 spiro atoms. The number of hydrogen-bond acceptors (Lipinski definition) is 3. The number of carbonyl (C=O) groups is 2. The average Bonchev–Trinajstić information content (AvgIpc) is 2.23. The van der Waals surface area contributed by atoms with E-state index in [1.807, 2.05) is 20.8 Å². The van der Waals surface area contributed by atoms with Crippen LogP contribution in [0.3, 0.4) is 0 Å². The quantitative estimate of drug-likeness (QED) is 0.694. The summed E-state index contributed by atoms with van der Waals surface area (Å²) in [7, 11) is 1.44. The van der Waals surface area contributed by atoms with Crippen LogP contribution in [0.25, 0.3) is 0 Å². The van der Waals surface area contributed by atoms with Crippen molar-refractivity contribution in [2.45, 2.75) is 45.8 Å². The van der Waals surface area contributed by atoms with Gasteiger partial charge in [-0.05, 0) is 19.3 Å². The Hall–Kier alpha value is -1.10. The lowest BCUT2D eigenvalue weighted by atomic mass is 9.83. The van der Waals surface area contributed by atoms with Gasteiger partial charge in [0, 0.05) is 7.11 Å². The highest BCUT2D eigenvalue weighted by molar-refractivity contribution is 5.92. The molecule has 0 heterocycles. The van der Waals surface area contributed by atoms with E-state index in [1.54, 1.807) is 6.92 Å². The fourth-order valence-corrected chi connectivity index (χ4v) is 1.59. The first-order valence-electron chi connectivity index (χ1n) is 5.46. The molecule has 0 aliphatic carbocycles. The summed E-state index contributed by atoms with van der Waals surface area (Å²) in [5, 5.41) is 2.69. The van der Waals surface area contributed by atoms with Crippen LogP contribution in [0.2, 0.25) is 0 Å². The van der Waals surface area contributed by atoms with Crippen LogP contribution in [-0.4, -0.2) is 30.6 Å². The zero-order valence-electron chi connectivity index (χ0n) is 10.7. The molecule has 2 amide bonds. The van der Waals surface area contributed by atoms with Crippen molar-refractivity contribution in [1.82, 2.24) is 5.32 Å². The first kappa shape index (κ1) is 14.9. The molecule has 0 saturated heterocycles. The zero-order chi connectivity index (χ0) is 12.9. The third kappa shape index (κ3) is 2.95. The Morgan fingerprint density at radius 2 is 1.88 bits per heavy atom. The SMILES string of the molecule is CC[C@@](NC(=O)[C@H](C)OC)(C(N)=O)C(C)C. The second kappa shape index (κ2) is 5.84. The van der Waals surface area contributed by atoms with Gasteiger partial charge in [0.2, 0.25) is 11.8 Å². The molecular formula is C11H22N2O3. The maximum atomic E-state index is 11.7. The summed E-state index contributed by atoms with van der Waals surface area (Å²) in [5.74, 6) is -0.901. The van der Waals surface area contributed by atoms with Gasteiger partial charge in [-0.3, -0.25) is 9.59 Å². The minimum atomic E-state index is -0.996. The minimum Gasteiger partial charge on any atom is -0.372 e. The number of nitrogens with two attached hydrogens (primary N) is 1. The summed E-state index contributed by atoms with van der Waals surface area (Å²) in [6.07, 6.45) is -0.133. The number of carbonyl (C=O) groups excluding carboxylic acids is 2. The molecule has 16 heavy (non-hydrogen) atoms. The van der Waals surface area contributed by atoms with Crippen molar-refractivity contribution in [1.29, 1.82) is 0 Å². The lowest BCUT2D eigenvalue weighted by Gasteiger charge is -2.35. The number of hydrogen-bond donors (Lipinski definition) is 2. The number of amides is 2. The van der Waals surface area contributed by atoms with Crippen LogP contribution in [0.4, 0.5) is 0 Å². The number of primary amides is 1. The average molecular weight is 230 g/mol. The lowest BCUT2D eigenvalue weighted by Crippen LogP contribution is -2.62. The van der Waals surface area contributed by atoms with E-state index < -0.39 is 17.6 Å². The van der Waals surface area contributed by atoms with E-state index in [-0.39, 0.29) is 11.8 Å². The predicted molar refractivity (Wildman–Crippen MR) is 61.7 cm³/mol. The van der Waals surface area contributed by atoms with E-state index in [1.165, 1.54) is 7.11 Å². The predicted octanol–water partition coefficient (Wildman–Crippen LogP) is 0.428. The Morgan fingerprint density at radius 3 is 2.12 bits per heavy atom. The van der Waals surface area contributed by atoms with Gasteiger partial charge >= 0.3 is 0 Å². The standard InChI is InChI=1S/C11H22N2O3/c1-6-11(7(2)3,10(12)15)13-9(14)8(4)16-5/h7-8H,6H2,1-5H3,(H2,12,15)(H,13,14)/t8-,11-/m0/s1. The van der Waals surface area contributed by atoms with Gasteiger partial charge in [-0.2, -0.15) is 0 Å². The molecule has 0 bridgehead atoms. The Bertz CT molecular complexity index is 266. The van der Waals surface area contributed by atoms with E-state index in [2.05, 4.69) is 5.32 Å². The maximum Gasteiger partial charge on any atom is 0.249 e. The largest absolute Gasteiger partial charge is 0.372 e. The third-order valence-electron chi connectivity index (χ3n) is 3.05. The van der Waals surface area contributed by atoms with Crippen molar-refractivity contribution < 1.29 is 14.3 Å². The molecule has 5 nitrogen and oxygen atoms in total. The van der Waals surface area contributed by atoms with Crippen LogP contribution >= 0.6 is 0 Å². The molecule has 0 aromatic rings. The Balaban J connectivity index is 4.94. The number of ether oxygens (including phenoxy) is 1. The molecule has 3 N–H and O–H groups in total. The normalized spacial score (nSPS) is 16.6. The van der Waals surface area contributed by atoms with Crippen molar-refractivity contribution in [3.8, 4) is 0 Å². The van der Waals surface area contributed by atoms with Crippen molar-refractivity contribution in [2.75, 3.05) is 7.11 Å². The molecule has 0 saturated carbocycles. The van der Waals surface area contributed by atoms with E-state index in [0.717, 1.165) is 0 Å². The molecule has 0 fully saturated rings. The fraction of sp³-hybridized carbons (Fsp3) is 0.818. The maximum absolute atomic E-state index is 11.7. The van der Waals surface area contributed by atoms with Gasteiger partial charge in [0.15, 0.2) is 0 Å². The van der Waals surface area contributed by atoms with E-state index in [4.69, 9.17) is 10.5 Å². The lowest BCUT2D eigenvalue weighted by molar-refractivity contribution is -0.138. The second-order valence-electron chi connectivity index (χ2n) is 4.21. The van der Waals surface area contributed by atoms with Crippen LogP contribution in [0, 0.1) is 5.92 Å². The van der Waals surface area contributed by atoms with Gasteiger partial charge in [-0.25, -0.2) is 0 Å². The number of methoxy groups -OCH3 is 1. The molecule has 2 atom stereocenters. The summed E-state index contributed by atoms with van der Waals surface area (Å²) < 4.78 is 4.90. The molecule has 0 aromatic heterocycles. The number of rotatable bonds is 6. The highest BCUT2D eigenvalue weighted by atomic mass is 16.5. The van der Waals surface area contributed by atoms with Crippen LogP contribution < -0.4 is 11.1 Å². The molecule has 5 heteroatoms. The van der Waals surface area contributed by atoms with Crippen LogP contribution in [-0.2, 0) is 14.3 Å². The third-order valence-corrected chi connectivity index (χ3v) is 3.05. The molecule has 0 rings (SSSR count). The summed E-state index contributed by atoms with van der Waals surface area (Å²) in [4.78, 5) is 23.2. The summed E-state index contributed by atoms with van der Waals surface area (Å²) >= 11 is 0. The van der Waals surface area contributed by atoms with Gasteiger partial charge < -0.3 is 15.8 Å². The highest BCUT2D eigenvalue weighted by Gasteiger charge is 2.40. The highest BCUT2D eigenvalue weighted by Crippen LogP contribution is 2.21. The monoisotopic (exact) mass is 230 g/mol. The fourth-order valence-electron chi connectivity index (χ4n) is 1.59. The van der Waals surface area contributed by atoms with Crippen molar-refractivity contribution >= 4 is 11.8 Å². The molecular weight excluding hydrogens is 208 g/mol. The Labute approximate surface area is 96.7 Å². The molecule has 0 radical (unpaired) electrons.